The Kier molecular flexibility index (Phi) is 4.74. The molecule has 0 N–H and O–H groups in total. The van der Waals surface area contributed by atoms with Crippen molar-refractivity contribution >= 4 is 17.7 Å². The number of methoxy groups -OCH3 is 1. The third kappa shape index (κ3) is 3.78. The average molecular weight is 305 g/mol. The summed E-state index contributed by atoms with van der Waals surface area (Å²) in [6.07, 6.45) is 0.654. The van der Waals surface area contributed by atoms with E-state index in [-0.39, 0.29) is 18.0 Å². The Hall–Kier alpha value is -2.04. The zero-order valence-electron chi connectivity index (χ0n) is 13.6. The van der Waals surface area contributed by atoms with Gasteiger partial charge < -0.3 is 9.47 Å². The number of carbonyl (C=O) groups excluding carboxylic acids is 2. The van der Waals surface area contributed by atoms with E-state index in [1.165, 1.54) is 7.11 Å². The molecule has 5 heteroatoms. The van der Waals surface area contributed by atoms with Crippen molar-refractivity contribution in [3.8, 4) is 0 Å². The van der Waals surface area contributed by atoms with Gasteiger partial charge in [-0.05, 0) is 38.8 Å². The van der Waals surface area contributed by atoms with Gasteiger partial charge in [0.1, 0.15) is 5.60 Å². The lowest BCUT2D eigenvalue weighted by Crippen LogP contribution is -2.36. The Labute approximate surface area is 131 Å². The fourth-order valence-corrected chi connectivity index (χ4v) is 2.63. The first kappa shape index (κ1) is 16.3. The van der Waals surface area contributed by atoms with Crippen molar-refractivity contribution in [1.29, 1.82) is 0 Å². The largest absolute Gasteiger partial charge is 0.469 e. The molecule has 0 aromatic heterocycles. The van der Waals surface area contributed by atoms with Crippen molar-refractivity contribution in [3.63, 3.8) is 0 Å². The van der Waals surface area contributed by atoms with E-state index in [0.717, 1.165) is 11.3 Å². The lowest BCUT2D eigenvalue weighted by Gasteiger charge is -2.25. The van der Waals surface area contributed by atoms with E-state index in [4.69, 9.17) is 9.47 Å². The summed E-state index contributed by atoms with van der Waals surface area (Å²) in [7, 11) is 1.39. The second-order valence-electron chi connectivity index (χ2n) is 6.46. The van der Waals surface area contributed by atoms with Crippen LogP contribution in [0.1, 0.15) is 45.1 Å². The summed E-state index contributed by atoms with van der Waals surface area (Å²) in [4.78, 5) is 25.4. The molecule has 1 amide bonds. The highest BCUT2D eigenvalue weighted by atomic mass is 16.6. The molecule has 1 aliphatic heterocycles. The van der Waals surface area contributed by atoms with Crippen molar-refractivity contribution in [2.24, 2.45) is 0 Å². The Morgan fingerprint density at radius 2 is 1.95 bits per heavy atom. The van der Waals surface area contributed by atoms with Gasteiger partial charge in [0.05, 0.1) is 12.8 Å². The lowest BCUT2D eigenvalue weighted by molar-refractivity contribution is -0.140. The molecule has 0 saturated carbocycles. The number of hydrogen-bond donors (Lipinski definition) is 0. The van der Waals surface area contributed by atoms with E-state index >= 15 is 0 Å². The molecule has 0 saturated heterocycles. The van der Waals surface area contributed by atoms with Gasteiger partial charge in [0, 0.05) is 18.9 Å². The molecule has 0 unspecified atom stereocenters. The summed E-state index contributed by atoms with van der Waals surface area (Å²) in [5.74, 6) is -0.101. The maximum Gasteiger partial charge on any atom is 0.414 e. The number of amides is 1. The topological polar surface area (TPSA) is 55.8 Å². The second-order valence-corrected chi connectivity index (χ2v) is 6.46. The molecule has 0 aliphatic carbocycles. The highest BCUT2D eigenvalue weighted by Gasteiger charge is 2.34. The number of rotatable bonds is 3. The zero-order valence-corrected chi connectivity index (χ0v) is 13.6. The number of anilines is 1. The highest BCUT2D eigenvalue weighted by molar-refractivity contribution is 5.91. The number of fused-ring (bicyclic) bond motifs is 1. The standard InChI is InChI=1S/C17H23NO4/c1-17(2,3)22-16(20)18-11-12(9-10-15(19)21-4)13-7-5-6-8-14(13)18/h5-8,12H,9-11H2,1-4H3/t12-/m1/s1. The predicted octanol–water partition coefficient (Wildman–Crippen LogP) is 3.48. The molecule has 1 atom stereocenters. The monoisotopic (exact) mass is 305 g/mol. The highest BCUT2D eigenvalue weighted by Crippen LogP contribution is 2.39. The third-order valence-electron chi connectivity index (χ3n) is 3.61. The van der Waals surface area contributed by atoms with Crippen LogP contribution < -0.4 is 4.90 Å². The number of para-hydroxylation sites is 1. The minimum atomic E-state index is -0.532. The zero-order chi connectivity index (χ0) is 16.3. The molecule has 0 bridgehead atoms. The Morgan fingerprint density at radius 1 is 1.27 bits per heavy atom. The predicted molar refractivity (Wildman–Crippen MR) is 84.0 cm³/mol. The van der Waals surface area contributed by atoms with Crippen molar-refractivity contribution < 1.29 is 19.1 Å². The molecule has 5 nitrogen and oxygen atoms in total. The van der Waals surface area contributed by atoms with Gasteiger partial charge in [-0.15, -0.1) is 0 Å². The van der Waals surface area contributed by atoms with E-state index in [0.29, 0.717) is 19.4 Å². The average Bonchev–Trinajstić information content (AvgIpc) is 2.82. The van der Waals surface area contributed by atoms with E-state index in [2.05, 4.69) is 0 Å². The Bertz CT molecular complexity index is 562. The summed E-state index contributed by atoms with van der Waals surface area (Å²) < 4.78 is 10.2. The SMILES string of the molecule is COC(=O)CC[C@@H]1CN(C(=O)OC(C)(C)C)c2ccccc21. The van der Waals surface area contributed by atoms with E-state index in [1.54, 1.807) is 4.90 Å². The number of esters is 1. The fraction of sp³-hybridized carbons (Fsp3) is 0.529. The van der Waals surface area contributed by atoms with Gasteiger partial charge in [-0.1, -0.05) is 18.2 Å². The molecular weight excluding hydrogens is 282 g/mol. The van der Waals surface area contributed by atoms with Gasteiger partial charge in [0.15, 0.2) is 0 Å². The van der Waals surface area contributed by atoms with Crippen LogP contribution in [0.5, 0.6) is 0 Å². The van der Waals surface area contributed by atoms with Crippen LogP contribution in [0.3, 0.4) is 0 Å². The van der Waals surface area contributed by atoms with Gasteiger partial charge in [0.25, 0.3) is 0 Å². The van der Waals surface area contributed by atoms with E-state index in [9.17, 15) is 9.59 Å². The number of ether oxygens (including phenoxy) is 2. The fourth-order valence-electron chi connectivity index (χ4n) is 2.63. The number of hydrogen-bond acceptors (Lipinski definition) is 4. The van der Waals surface area contributed by atoms with Crippen LogP contribution in [-0.2, 0) is 14.3 Å². The molecule has 1 heterocycles. The lowest BCUT2D eigenvalue weighted by atomic mass is 9.96. The molecule has 120 valence electrons. The summed E-state index contributed by atoms with van der Waals surface area (Å²) in [5, 5.41) is 0. The first-order valence-electron chi connectivity index (χ1n) is 7.48. The molecule has 1 aromatic carbocycles. The summed E-state index contributed by atoms with van der Waals surface area (Å²) in [5.41, 5.74) is 1.42. The van der Waals surface area contributed by atoms with Crippen LogP contribution in [0.4, 0.5) is 10.5 Å². The first-order valence-corrected chi connectivity index (χ1v) is 7.48. The van der Waals surface area contributed by atoms with Crippen LogP contribution >= 0.6 is 0 Å². The van der Waals surface area contributed by atoms with Crippen LogP contribution in [0.15, 0.2) is 24.3 Å². The minimum Gasteiger partial charge on any atom is -0.469 e. The quantitative estimate of drug-likeness (QED) is 0.802. The molecule has 0 radical (unpaired) electrons. The van der Waals surface area contributed by atoms with E-state index in [1.807, 2.05) is 45.0 Å². The van der Waals surface area contributed by atoms with Crippen LogP contribution in [0.2, 0.25) is 0 Å². The van der Waals surface area contributed by atoms with Gasteiger partial charge in [-0.25, -0.2) is 4.79 Å². The molecular formula is C17H23NO4. The smallest absolute Gasteiger partial charge is 0.414 e. The van der Waals surface area contributed by atoms with Gasteiger partial charge in [-0.2, -0.15) is 0 Å². The van der Waals surface area contributed by atoms with Gasteiger partial charge in [0.2, 0.25) is 0 Å². The second kappa shape index (κ2) is 6.38. The molecule has 1 aromatic rings. The van der Waals surface area contributed by atoms with Crippen molar-refractivity contribution in [2.75, 3.05) is 18.6 Å². The molecule has 1 aliphatic rings. The van der Waals surface area contributed by atoms with Crippen LogP contribution in [0, 0.1) is 0 Å². The molecule has 0 spiro atoms. The number of benzene rings is 1. The molecule has 0 fully saturated rings. The summed E-state index contributed by atoms with van der Waals surface area (Å²) >= 11 is 0. The third-order valence-corrected chi connectivity index (χ3v) is 3.61. The minimum absolute atomic E-state index is 0.128. The molecule has 22 heavy (non-hydrogen) atoms. The van der Waals surface area contributed by atoms with Crippen molar-refractivity contribution in [2.45, 2.75) is 45.1 Å². The van der Waals surface area contributed by atoms with Crippen LogP contribution in [0.25, 0.3) is 0 Å². The first-order chi connectivity index (χ1) is 10.3. The Balaban J connectivity index is 2.15. The van der Waals surface area contributed by atoms with Crippen molar-refractivity contribution in [3.05, 3.63) is 29.8 Å². The van der Waals surface area contributed by atoms with Gasteiger partial charge >= 0.3 is 12.1 Å². The van der Waals surface area contributed by atoms with Gasteiger partial charge in [-0.3, -0.25) is 9.69 Å². The number of carbonyl (C=O) groups is 2. The van der Waals surface area contributed by atoms with Crippen molar-refractivity contribution in [1.82, 2.24) is 0 Å². The summed E-state index contributed by atoms with van der Waals surface area (Å²) in [6, 6.07) is 7.76. The molecule has 2 rings (SSSR count). The normalized spacial score (nSPS) is 17.1. The van der Waals surface area contributed by atoms with E-state index < -0.39 is 5.60 Å². The van der Waals surface area contributed by atoms with Crippen LogP contribution in [-0.4, -0.2) is 31.3 Å². The number of nitrogens with zero attached hydrogens (tertiary/aromatic N) is 1. The summed E-state index contributed by atoms with van der Waals surface area (Å²) in [6.45, 7) is 6.08. The Morgan fingerprint density at radius 3 is 2.59 bits per heavy atom. The maximum absolute atomic E-state index is 12.4. The maximum atomic E-state index is 12.4.